The molecule has 1 fully saturated rings. The predicted molar refractivity (Wildman–Crippen MR) is 81.8 cm³/mol. The molecule has 1 N–H and O–H groups in total. The first-order valence-corrected chi connectivity index (χ1v) is 7.49. The van der Waals surface area contributed by atoms with Gasteiger partial charge in [-0.2, -0.15) is 0 Å². The second kappa shape index (κ2) is 5.95. The van der Waals surface area contributed by atoms with Crippen molar-refractivity contribution in [1.29, 1.82) is 0 Å². The third-order valence-corrected chi connectivity index (χ3v) is 4.06. The van der Waals surface area contributed by atoms with Crippen molar-refractivity contribution < 1.29 is 4.42 Å². The van der Waals surface area contributed by atoms with E-state index in [1.165, 1.54) is 5.56 Å². The molecule has 0 amide bonds. The quantitative estimate of drug-likeness (QED) is 0.937. The highest BCUT2D eigenvalue weighted by atomic mass is 16.4. The van der Waals surface area contributed by atoms with Gasteiger partial charge in [0.1, 0.15) is 0 Å². The first kappa shape index (κ1) is 14.2. The molecule has 0 saturated carbocycles. The van der Waals surface area contributed by atoms with Gasteiger partial charge in [-0.15, -0.1) is 10.2 Å². The summed E-state index contributed by atoms with van der Waals surface area (Å²) in [5.74, 6) is 1.29. The highest BCUT2D eigenvalue weighted by molar-refractivity contribution is 5.53. The molecule has 2 aromatic rings. The summed E-state index contributed by atoms with van der Waals surface area (Å²) in [6, 6.07) is 9.08. The highest BCUT2D eigenvalue weighted by Crippen LogP contribution is 2.20. The first-order valence-electron chi connectivity index (χ1n) is 7.49. The normalized spacial score (nSPS) is 23.4. The summed E-state index contributed by atoms with van der Waals surface area (Å²) >= 11 is 0. The molecule has 5 heteroatoms. The van der Waals surface area contributed by atoms with Gasteiger partial charge < -0.3 is 9.73 Å². The minimum absolute atomic E-state index is 0.475. The monoisotopic (exact) mass is 286 g/mol. The van der Waals surface area contributed by atoms with Crippen LogP contribution in [0.15, 0.2) is 28.7 Å². The fourth-order valence-electron chi connectivity index (χ4n) is 2.85. The van der Waals surface area contributed by atoms with Crippen LogP contribution in [0.5, 0.6) is 0 Å². The van der Waals surface area contributed by atoms with E-state index < -0.39 is 0 Å². The third-order valence-electron chi connectivity index (χ3n) is 4.06. The van der Waals surface area contributed by atoms with Crippen molar-refractivity contribution in [2.75, 3.05) is 13.1 Å². The topological polar surface area (TPSA) is 54.2 Å². The molecule has 112 valence electrons. The van der Waals surface area contributed by atoms with Crippen LogP contribution in [0.1, 0.15) is 25.3 Å². The number of aryl methyl sites for hydroxylation is 1. The first-order chi connectivity index (χ1) is 10.1. The molecule has 0 bridgehead atoms. The second-order valence-corrected chi connectivity index (χ2v) is 5.90. The molecule has 2 heterocycles. The maximum atomic E-state index is 5.84. The van der Waals surface area contributed by atoms with Gasteiger partial charge in [0.15, 0.2) is 0 Å². The molecule has 1 aliphatic heterocycles. The summed E-state index contributed by atoms with van der Waals surface area (Å²) in [6.45, 7) is 9.22. The summed E-state index contributed by atoms with van der Waals surface area (Å²) in [7, 11) is 0. The number of hydrogen-bond donors (Lipinski definition) is 1. The van der Waals surface area contributed by atoms with E-state index in [1.807, 2.05) is 12.1 Å². The lowest BCUT2D eigenvalue weighted by Gasteiger charge is -2.38. The number of aromatic nitrogens is 2. The maximum absolute atomic E-state index is 5.84. The van der Waals surface area contributed by atoms with E-state index in [2.05, 4.69) is 53.3 Å². The Balaban J connectivity index is 1.76. The largest absolute Gasteiger partial charge is 0.419 e. The minimum Gasteiger partial charge on any atom is -0.419 e. The number of nitrogens with zero attached hydrogens (tertiary/aromatic N) is 3. The molecular weight excluding hydrogens is 264 g/mol. The Morgan fingerprint density at radius 1 is 1.24 bits per heavy atom. The van der Waals surface area contributed by atoms with Crippen LogP contribution in [0.4, 0.5) is 0 Å². The summed E-state index contributed by atoms with van der Waals surface area (Å²) < 4.78 is 5.84. The molecule has 0 spiro atoms. The van der Waals surface area contributed by atoms with Crippen molar-refractivity contribution in [3.63, 3.8) is 0 Å². The van der Waals surface area contributed by atoms with Crippen molar-refractivity contribution >= 4 is 0 Å². The van der Waals surface area contributed by atoms with Crippen LogP contribution in [-0.2, 0) is 6.54 Å². The Morgan fingerprint density at radius 3 is 2.71 bits per heavy atom. The maximum Gasteiger partial charge on any atom is 0.247 e. The Bertz CT molecular complexity index is 600. The molecule has 3 rings (SSSR count). The van der Waals surface area contributed by atoms with Gasteiger partial charge >= 0.3 is 0 Å². The van der Waals surface area contributed by atoms with Crippen molar-refractivity contribution in [3.8, 4) is 11.5 Å². The molecule has 2 atom stereocenters. The number of nitrogens with one attached hydrogen (secondary N) is 1. The van der Waals surface area contributed by atoms with Crippen LogP contribution in [-0.4, -0.2) is 40.3 Å². The summed E-state index contributed by atoms with van der Waals surface area (Å²) in [5, 5.41) is 11.8. The molecule has 1 aromatic carbocycles. The van der Waals surface area contributed by atoms with Gasteiger partial charge in [-0.05, 0) is 32.9 Å². The van der Waals surface area contributed by atoms with Crippen LogP contribution in [0.3, 0.4) is 0 Å². The molecule has 1 aromatic heterocycles. The summed E-state index contributed by atoms with van der Waals surface area (Å²) in [6.07, 6.45) is 0. The molecule has 1 aliphatic rings. The smallest absolute Gasteiger partial charge is 0.247 e. The van der Waals surface area contributed by atoms with Gasteiger partial charge in [0.05, 0.1) is 6.54 Å². The molecule has 2 unspecified atom stereocenters. The number of piperazine rings is 1. The average Bonchev–Trinajstić information content (AvgIpc) is 2.92. The zero-order valence-corrected chi connectivity index (χ0v) is 12.8. The zero-order valence-electron chi connectivity index (χ0n) is 12.8. The summed E-state index contributed by atoms with van der Waals surface area (Å²) in [4.78, 5) is 2.41. The fourth-order valence-corrected chi connectivity index (χ4v) is 2.85. The van der Waals surface area contributed by atoms with Crippen LogP contribution in [0, 0.1) is 6.92 Å². The van der Waals surface area contributed by atoms with Crippen molar-refractivity contribution in [2.45, 2.75) is 39.4 Å². The van der Waals surface area contributed by atoms with E-state index >= 15 is 0 Å². The lowest BCUT2D eigenvalue weighted by molar-refractivity contribution is 0.0979. The average molecular weight is 286 g/mol. The summed E-state index contributed by atoms with van der Waals surface area (Å²) in [5.41, 5.74) is 2.17. The standard InChI is InChI=1S/C16H22N4O/c1-11-5-4-6-14(7-11)16-19-18-15(21-16)10-20-12(2)8-17-9-13(20)3/h4-7,12-13,17H,8-10H2,1-3H3. The van der Waals surface area contributed by atoms with Gasteiger partial charge in [0.2, 0.25) is 11.8 Å². The van der Waals surface area contributed by atoms with Gasteiger partial charge in [-0.3, -0.25) is 4.90 Å². The fraction of sp³-hybridized carbons (Fsp3) is 0.500. The molecule has 5 nitrogen and oxygen atoms in total. The SMILES string of the molecule is Cc1cccc(-c2nnc(CN3C(C)CNCC3C)o2)c1. The van der Waals surface area contributed by atoms with Crippen LogP contribution >= 0.6 is 0 Å². The van der Waals surface area contributed by atoms with E-state index in [0.717, 1.165) is 18.7 Å². The van der Waals surface area contributed by atoms with Gasteiger partial charge in [0, 0.05) is 30.7 Å². The molecule has 21 heavy (non-hydrogen) atoms. The van der Waals surface area contributed by atoms with Gasteiger partial charge in [-0.1, -0.05) is 17.7 Å². The number of hydrogen-bond acceptors (Lipinski definition) is 5. The van der Waals surface area contributed by atoms with E-state index in [0.29, 0.717) is 30.4 Å². The van der Waals surface area contributed by atoms with Gasteiger partial charge in [-0.25, -0.2) is 0 Å². The van der Waals surface area contributed by atoms with Crippen molar-refractivity contribution in [2.24, 2.45) is 0 Å². The lowest BCUT2D eigenvalue weighted by atomic mass is 10.1. The lowest BCUT2D eigenvalue weighted by Crippen LogP contribution is -2.54. The highest BCUT2D eigenvalue weighted by Gasteiger charge is 2.26. The van der Waals surface area contributed by atoms with E-state index in [1.54, 1.807) is 0 Å². The van der Waals surface area contributed by atoms with Gasteiger partial charge in [0.25, 0.3) is 0 Å². The Morgan fingerprint density at radius 2 is 2.00 bits per heavy atom. The molecule has 0 radical (unpaired) electrons. The molecule has 0 aliphatic carbocycles. The number of benzene rings is 1. The van der Waals surface area contributed by atoms with Crippen molar-refractivity contribution in [1.82, 2.24) is 20.4 Å². The minimum atomic E-state index is 0.475. The second-order valence-electron chi connectivity index (χ2n) is 5.90. The Kier molecular flexibility index (Phi) is 4.03. The van der Waals surface area contributed by atoms with Crippen LogP contribution in [0.2, 0.25) is 0 Å². The predicted octanol–water partition coefficient (Wildman–Crippen LogP) is 2.23. The van der Waals surface area contributed by atoms with E-state index in [-0.39, 0.29) is 0 Å². The third kappa shape index (κ3) is 3.14. The Hall–Kier alpha value is -1.72. The molecular formula is C16H22N4O. The number of rotatable bonds is 3. The van der Waals surface area contributed by atoms with E-state index in [9.17, 15) is 0 Å². The Labute approximate surface area is 125 Å². The zero-order chi connectivity index (χ0) is 14.8. The van der Waals surface area contributed by atoms with Crippen LogP contribution in [0.25, 0.3) is 11.5 Å². The van der Waals surface area contributed by atoms with E-state index in [4.69, 9.17) is 4.42 Å². The van der Waals surface area contributed by atoms with Crippen LogP contribution < -0.4 is 5.32 Å². The molecule has 1 saturated heterocycles. The van der Waals surface area contributed by atoms with Crippen molar-refractivity contribution in [3.05, 3.63) is 35.7 Å².